The molecule has 0 heterocycles. The summed E-state index contributed by atoms with van der Waals surface area (Å²) < 4.78 is 0. The molecule has 0 aliphatic rings. The van der Waals surface area contributed by atoms with Crippen molar-refractivity contribution in [2.45, 2.75) is 69.2 Å². The van der Waals surface area contributed by atoms with E-state index in [0.717, 1.165) is 85.3 Å². The molecule has 15 aromatic rings. The minimum Gasteiger partial charge on any atom is -0.311 e. The van der Waals surface area contributed by atoms with Crippen LogP contribution in [0.1, 0.15) is 108 Å². The van der Waals surface area contributed by atoms with E-state index >= 15 is 0 Å². The molecule has 0 fully saturated rings. The van der Waals surface area contributed by atoms with Gasteiger partial charge in [0.05, 0.1) is 81.0 Å². The van der Waals surface area contributed by atoms with Gasteiger partial charge in [0.25, 0.3) is 0 Å². The molecule has 15 aromatic carbocycles. The highest BCUT2D eigenvalue weighted by Crippen LogP contribution is 2.40. The van der Waals surface area contributed by atoms with Crippen LogP contribution in [0.15, 0.2) is 413 Å². The molecular weight excluding hydrogens is 1450 g/mol. The Balaban J connectivity index is 0.000000225. The molecule has 119 heavy (non-hydrogen) atoms. The third kappa shape index (κ3) is 27.2. The molecular formula is C107H98N12. The molecule has 0 radical (unpaired) electrons. The molecule has 586 valence electrons. The first kappa shape index (κ1) is 91.6. The van der Waals surface area contributed by atoms with E-state index in [1.165, 1.54) is 0 Å². The average Bonchev–Trinajstić information content (AvgIpc) is 0.822. The number of rotatable bonds is 15. The van der Waals surface area contributed by atoms with Gasteiger partial charge in [-0.05, 0) is 218 Å². The summed E-state index contributed by atoms with van der Waals surface area (Å²) >= 11 is 0. The Kier molecular flexibility index (Phi) is 40.7. The normalized spacial score (nSPS) is 9.20. The third-order valence-corrected chi connectivity index (χ3v) is 16.8. The van der Waals surface area contributed by atoms with Gasteiger partial charge in [-0.2, -0.15) is 36.8 Å². The van der Waals surface area contributed by atoms with E-state index in [9.17, 15) is 15.8 Å². The van der Waals surface area contributed by atoms with Crippen LogP contribution < -0.4 is 24.5 Å². The Morgan fingerprint density at radius 2 is 0.336 bits per heavy atom. The molecule has 0 N–H and O–H groups in total. The molecule has 12 heteroatoms. The quantitative estimate of drug-likeness (QED) is 0.0948. The van der Waals surface area contributed by atoms with Crippen molar-refractivity contribution in [3.8, 4) is 42.5 Å². The Labute approximate surface area is 705 Å². The maximum atomic E-state index is 9.38. The lowest BCUT2D eigenvalue weighted by Crippen LogP contribution is -2.11. The van der Waals surface area contributed by atoms with Gasteiger partial charge in [-0.25, -0.2) is 0 Å². The Morgan fingerprint density at radius 3 is 0.588 bits per heavy atom. The lowest BCUT2D eigenvalue weighted by molar-refractivity contribution is 1.27. The molecule has 0 unspecified atom stereocenters. The molecule has 0 spiro atoms. The van der Waals surface area contributed by atoms with E-state index in [1.807, 2.05) is 413 Å². The van der Waals surface area contributed by atoms with Gasteiger partial charge in [-0.1, -0.05) is 263 Å². The van der Waals surface area contributed by atoms with Crippen LogP contribution in [0.3, 0.4) is 0 Å². The van der Waals surface area contributed by atoms with Crippen LogP contribution in [0.25, 0.3) is 0 Å². The van der Waals surface area contributed by atoms with Crippen molar-refractivity contribution in [2.24, 2.45) is 0 Å². The maximum absolute atomic E-state index is 9.38. The van der Waals surface area contributed by atoms with Crippen LogP contribution in [0.4, 0.5) is 85.3 Å². The van der Waals surface area contributed by atoms with E-state index < -0.39 is 0 Å². The fourth-order valence-corrected chi connectivity index (χ4v) is 11.9. The summed E-state index contributed by atoms with van der Waals surface area (Å²) in [5.74, 6) is 0. The first-order valence-electron chi connectivity index (χ1n) is 39.7. The van der Waals surface area contributed by atoms with Crippen LogP contribution in [0, 0.1) is 79.3 Å². The molecule has 0 atom stereocenters. The third-order valence-electron chi connectivity index (χ3n) is 16.8. The SMILES string of the molecule is CC.CC.CC.CC.CC.N#Cc1cc(C#N)cc(N(c2ccccc2)c2ccccc2)c1.N#Cc1ccc(N(c2ccccc2)c2ccccc2)cc1.N#Cc1cccc(N(c2ccccc2)c2cccc(C#N)c2)c1.N#Cc1cccc(N(c2ccccc2)c2ccccc2)c1.N#Cc1ccccc1N(c1ccccc1)c1ccccc1. The molecule has 0 aliphatic carbocycles. The highest BCUT2D eigenvalue weighted by Gasteiger charge is 2.19. The van der Waals surface area contributed by atoms with Gasteiger partial charge in [-0.3, -0.25) is 0 Å². The first-order valence-corrected chi connectivity index (χ1v) is 39.7. The van der Waals surface area contributed by atoms with Crippen molar-refractivity contribution in [2.75, 3.05) is 24.5 Å². The summed E-state index contributed by atoms with van der Waals surface area (Å²) in [5, 5.41) is 64.2. The predicted molar refractivity (Wildman–Crippen MR) is 495 cm³/mol. The van der Waals surface area contributed by atoms with E-state index in [0.29, 0.717) is 38.9 Å². The number of benzene rings is 15. The molecule has 0 saturated heterocycles. The molecule has 15 rings (SSSR count). The number of hydrogen-bond donors (Lipinski definition) is 0. The number of hydrogen-bond acceptors (Lipinski definition) is 12. The molecule has 0 amide bonds. The van der Waals surface area contributed by atoms with Gasteiger partial charge in [0.15, 0.2) is 0 Å². The lowest BCUT2D eigenvalue weighted by Gasteiger charge is -2.26. The van der Waals surface area contributed by atoms with Crippen LogP contribution in [0.5, 0.6) is 0 Å². The number of nitrogens with zero attached hydrogens (tertiary/aromatic N) is 12. The van der Waals surface area contributed by atoms with Gasteiger partial charge in [0.2, 0.25) is 0 Å². The fraction of sp³-hybridized carbons (Fsp3) is 0.0935. The summed E-state index contributed by atoms with van der Waals surface area (Å²) in [6, 6.07) is 149. The van der Waals surface area contributed by atoms with Crippen molar-refractivity contribution in [3.63, 3.8) is 0 Å². The summed E-state index contributed by atoms with van der Waals surface area (Å²) in [6.45, 7) is 20.0. The van der Waals surface area contributed by atoms with Gasteiger partial charge < -0.3 is 24.5 Å². The van der Waals surface area contributed by atoms with Crippen LogP contribution in [-0.2, 0) is 0 Å². The van der Waals surface area contributed by atoms with Crippen molar-refractivity contribution in [1.82, 2.24) is 0 Å². The fourth-order valence-electron chi connectivity index (χ4n) is 11.9. The zero-order valence-corrected chi connectivity index (χ0v) is 69.1. The number of anilines is 15. The lowest BCUT2D eigenvalue weighted by atomic mass is 10.1. The molecule has 12 nitrogen and oxygen atoms in total. The van der Waals surface area contributed by atoms with Crippen LogP contribution in [-0.4, -0.2) is 0 Å². The van der Waals surface area contributed by atoms with Crippen molar-refractivity contribution >= 4 is 85.3 Å². The van der Waals surface area contributed by atoms with Gasteiger partial charge in [0, 0.05) is 79.6 Å². The summed E-state index contributed by atoms with van der Waals surface area (Å²) in [7, 11) is 0. The summed E-state index contributed by atoms with van der Waals surface area (Å²) in [6.07, 6.45) is 0. The predicted octanol–water partition coefficient (Wildman–Crippen LogP) is 30.0. The Morgan fingerprint density at radius 1 is 0.143 bits per heavy atom. The van der Waals surface area contributed by atoms with Gasteiger partial charge in [0.1, 0.15) is 6.07 Å². The minimum absolute atomic E-state index is 0.468. The zero-order chi connectivity index (χ0) is 85.6. The van der Waals surface area contributed by atoms with E-state index in [2.05, 4.69) is 106 Å². The molecule has 0 bridgehead atoms. The van der Waals surface area contributed by atoms with Crippen molar-refractivity contribution in [3.05, 3.63) is 451 Å². The highest BCUT2D eigenvalue weighted by atomic mass is 15.2. The smallest absolute Gasteiger partial charge is 0.101 e. The van der Waals surface area contributed by atoms with Crippen molar-refractivity contribution < 1.29 is 0 Å². The topological polar surface area (TPSA) is 183 Å². The maximum Gasteiger partial charge on any atom is 0.101 e. The Hall–Kier alpha value is -16.3. The average molecular weight is 1550 g/mol. The number of nitriles is 7. The van der Waals surface area contributed by atoms with E-state index in [-0.39, 0.29) is 0 Å². The highest BCUT2D eigenvalue weighted by molar-refractivity contribution is 5.83. The van der Waals surface area contributed by atoms with E-state index in [1.54, 1.807) is 30.3 Å². The monoisotopic (exact) mass is 1550 g/mol. The van der Waals surface area contributed by atoms with Gasteiger partial charge >= 0.3 is 0 Å². The van der Waals surface area contributed by atoms with E-state index in [4.69, 9.17) is 21.0 Å². The number of para-hydroxylation sites is 10. The van der Waals surface area contributed by atoms with Gasteiger partial charge in [-0.15, -0.1) is 0 Å². The first-order chi connectivity index (χ1) is 58.8. The molecule has 0 aromatic heterocycles. The van der Waals surface area contributed by atoms with Crippen LogP contribution >= 0.6 is 0 Å². The summed E-state index contributed by atoms with van der Waals surface area (Å²) in [4.78, 5) is 10.5. The minimum atomic E-state index is 0.468. The second-order valence-corrected chi connectivity index (χ2v) is 24.0. The zero-order valence-electron chi connectivity index (χ0n) is 69.1. The standard InChI is InChI=1S/2C20H13N3.3C19H14N2.5C2H6/c21-14-16-11-17(15-22)13-20(12-16)23(18-7-3-1-4-8-18)19-9-5-2-6-10-19;21-14-16-6-4-10-19(12-16)23(18-8-2-1-3-9-18)20-11-5-7-17(13-20)15-22;20-15-16-9-7-8-14-19(16)21(17-10-3-1-4-11-17)18-12-5-2-6-13-18;20-15-16-8-7-13-19(14-16)21(17-9-3-1-4-10-17)18-11-5-2-6-12-18;20-15-16-11-13-19(14-12-16)21(17-7-3-1-4-8-17)18-9-5-2-6-10-18;5*1-2/h2*1-13H;3*1-14H;5*1-2H3. The molecule has 0 saturated carbocycles. The van der Waals surface area contributed by atoms with Crippen molar-refractivity contribution in [1.29, 1.82) is 36.8 Å². The second kappa shape index (κ2) is 52.9. The van der Waals surface area contributed by atoms with Crippen LogP contribution in [0.2, 0.25) is 0 Å². The Bertz CT molecular complexity index is 5420. The summed E-state index contributed by atoms with van der Waals surface area (Å²) in [5.41, 5.74) is 18.9. The second-order valence-electron chi connectivity index (χ2n) is 24.0. The molecule has 0 aliphatic heterocycles. The largest absolute Gasteiger partial charge is 0.311 e.